The minimum atomic E-state index is -2.91. The molecule has 74 valence electrons. The zero-order valence-corrected chi connectivity index (χ0v) is 7.63. The molecular formula is C10H9F2NO. The largest absolute Gasteiger partial charge is 0.270 e. The monoisotopic (exact) mass is 197 g/mol. The second-order valence-electron chi connectivity index (χ2n) is 2.95. The predicted molar refractivity (Wildman–Crippen MR) is 47.8 cm³/mol. The number of halogens is 2. The highest BCUT2D eigenvalue weighted by Crippen LogP contribution is 2.29. The standard InChI is InChI=1S/C10H9F2NO/c1-10(11,12)9-5-3-2-4-8(9)6-13-7-14/h2-5H,6H2,1H3. The lowest BCUT2D eigenvalue weighted by Crippen LogP contribution is -2.10. The van der Waals surface area contributed by atoms with E-state index in [4.69, 9.17) is 0 Å². The SMILES string of the molecule is CC(F)(F)c1ccccc1CN=C=O. The van der Waals surface area contributed by atoms with Crippen LogP contribution in [0, 0.1) is 0 Å². The summed E-state index contributed by atoms with van der Waals surface area (Å²) in [5.74, 6) is -2.91. The molecule has 0 radical (unpaired) electrons. The molecule has 0 aliphatic rings. The summed E-state index contributed by atoms with van der Waals surface area (Å²) >= 11 is 0. The Labute approximate surface area is 80.3 Å². The van der Waals surface area contributed by atoms with Crippen LogP contribution >= 0.6 is 0 Å². The van der Waals surface area contributed by atoms with Crippen LogP contribution in [0.3, 0.4) is 0 Å². The molecule has 1 aromatic rings. The third kappa shape index (κ3) is 2.47. The van der Waals surface area contributed by atoms with Crippen molar-refractivity contribution >= 4 is 6.08 Å². The van der Waals surface area contributed by atoms with Gasteiger partial charge in [-0.3, -0.25) is 0 Å². The van der Waals surface area contributed by atoms with E-state index in [1.807, 2.05) is 0 Å². The van der Waals surface area contributed by atoms with Gasteiger partial charge in [0.05, 0.1) is 6.54 Å². The maximum Gasteiger partial charge on any atom is 0.270 e. The van der Waals surface area contributed by atoms with Crippen LogP contribution < -0.4 is 0 Å². The van der Waals surface area contributed by atoms with Crippen molar-refractivity contribution in [1.29, 1.82) is 0 Å². The molecule has 1 aromatic carbocycles. The van der Waals surface area contributed by atoms with Gasteiger partial charge in [-0.05, 0) is 5.56 Å². The van der Waals surface area contributed by atoms with Crippen LogP contribution in [0.4, 0.5) is 8.78 Å². The van der Waals surface area contributed by atoms with Gasteiger partial charge in [-0.1, -0.05) is 24.3 Å². The molecule has 0 spiro atoms. The van der Waals surface area contributed by atoms with Gasteiger partial charge in [0.25, 0.3) is 5.92 Å². The van der Waals surface area contributed by atoms with Gasteiger partial charge in [-0.15, -0.1) is 0 Å². The highest BCUT2D eigenvalue weighted by molar-refractivity contribution is 5.36. The van der Waals surface area contributed by atoms with Crippen LogP contribution in [-0.2, 0) is 17.3 Å². The molecule has 4 heteroatoms. The first kappa shape index (κ1) is 10.5. The van der Waals surface area contributed by atoms with Crippen molar-refractivity contribution in [2.75, 3.05) is 0 Å². The molecule has 0 aliphatic carbocycles. The van der Waals surface area contributed by atoms with Crippen molar-refractivity contribution in [2.24, 2.45) is 4.99 Å². The van der Waals surface area contributed by atoms with E-state index in [-0.39, 0.29) is 12.1 Å². The summed E-state index contributed by atoms with van der Waals surface area (Å²) in [5, 5.41) is 0. The second-order valence-corrected chi connectivity index (χ2v) is 2.95. The number of hydrogen-bond donors (Lipinski definition) is 0. The van der Waals surface area contributed by atoms with E-state index >= 15 is 0 Å². The Morgan fingerprint density at radius 2 is 2.07 bits per heavy atom. The smallest absolute Gasteiger partial charge is 0.211 e. The molecule has 0 atom stereocenters. The van der Waals surface area contributed by atoms with Crippen molar-refractivity contribution in [3.05, 3.63) is 35.4 Å². The molecule has 14 heavy (non-hydrogen) atoms. The van der Waals surface area contributed by atoms with Gasteiger partial charge < -0.3 is 0 Å². The molecule has 0 saturated heterocycles. The molecule has 0 saturated carbocycles. The Balaban J connectivity index is 3.09. The minimum absolute atomic E-state index is 0.0525. The molecule has 2 nitrogen and oxygen atoms in total. The minimum Gasteiger partial charge on any atom is -0.211 e. The van der Waals surface area contributed by atoms with Gasteiger partial charge in [0.15, 0.2) is 0 Å². The van der Waals surface area contributed by atoms with E-state index in [0.717, 1.165) is 6.92 Å². The quantitative estimate of drug-likeness (QED) is 0.541. The molecule has 0 heterocycles. The Bertz CT molecular complexity index is 365. The summed E-state index contributed by atoms with van der Waals surface area (Å²) < 4.78 is 26.0. The van der Waals surface area contributed by atoms with Crippen molar-refractivity contribution in [3.8, 4) is 0 Å². The lowest BCUT2D eigenvalue weighted by atomic mass is 10.0. The third-order valence-electron chi connectivity index (χ3n) is 1.80. The van der Waals surface area contributed by atoms with Crippen LogP contribution in [-0.4, -0.2) is 6.08 Å². The fourth-order valence-corrected chi connectivity index (χ4v) is 1.20. The van der Waals surface area contributed by atoms with E-state index < -0.39 is 5.92 Å². The van der Waals surface area contributed by atoms with E-state index in [1.54, 1.807) is 6.07 Å². The van der Waals surface area contributed by atoms with Crippen molar-refractivity contribution in [3.63, 3.8) is 0 Å². The van der Waals surface area contributed by atoms with Crippen LogP contribution in [0.1, 0.15) is 18.1 Å². The van der Waals surface area contributed by atoms with Crippen LogP contribution in [0.5, 0.6) is 0 Å². The highest BCUT2D eigenvalue weighted by Gasteiger charge is 2.26. The maximum atomic E-state index is 13.0. The summed E-state index contributed by atoms with van der Waals surface area (Å²) in [6, 6.07) is 6.01. The lowest BCUT2D eigenvalue weighted by Gasteiger charge is -2.13. The summed E-state index contributed by atoms with van der Waals surface area (Å²) in [6.45, 7) is 0.763. The number of nitrogens with zero attached hydrogens (tertiary/aromatic N) is 1. The average molecular weight is 197 g/mol. The van der Waals surface area contributed by atoms with Crippen LogP contribution in [0.25, 0.3) is 0 Å². The van der Waals surface area contributed by atoms with Gasteiger partial charge in [-0.25, -0.2) is 18.6 Å². The number of hydrogen-bond acceptors (Lipinski definition) is 2. The average Bonchev–Trinajstić information content (AvgIpc) is 2.14. The number of alkyl halides is 2. The maximum absolute atomic E-state index is 13.0. The number of aliphatic imine (C=N–C) groups is 1. The molecular weight excluding hydrogens is 188 g/mol. The van der Waals surface area contributed by atoms with Gasteiger partial charge in [0.2, 0.25) is 6.08 Å². The molecule has 0 fully saturated rings. The lowest BCUT2D eigenvalue weighted by molar-refractivity contribution is 0.0166. The van der Waals surface area contributed by atoms with E-state index in [0.29, 0.717) is 5.56 Å². The molecule has 0 bridgehead atoms. The number of carbonyl (C=O) groups excluding carboxylic acids is 1. The van der Waals surface area contributed by atoms with Crippen LogP contribution in [0.2, 0.25) is 0 Å². The van der Waals surface area contributed by atoms with Crippen molar-refractivity contribution in [2.45, 2.75) is 19.4 Å². The fraction of sp³-hybridized carbons (Fsp3) is 0.300. The third-order valence-corrected chi connectivity index (χ3v) is 1.80. The number of isocyanates is 1. The van der Waals surface area contributed by atoms with Gasteiger partial charge in [0.1, 0.15) is 0 Å². The second kappa shape index (κ2) is 4.11. The van der Waals surface area contributed by atoms with Crippen molar-refractivity contribution < 1.29 is 13.6 Å². The predicted octanol–water partition coefficient (Wildman–Crippen LogP) is 2.63. The Morgan fingerprint density at radius 3 is 2.64 bits per heavy atom. The van der Waals surface area contributed by atoms with Crippen LogP contribution in [0.15, 0.2) is 29.3 Å². The Hall–Kier alpha value is -1.54. The van der Waals surface area contributed by atoms with E-state index in [1.165, 1.54) is 24.3 Å². The molecule has 1 rings (SSSR count). The first-order valence-corrected chi connectivity index (χ1v) is 4.05. The van der Waals surface area contributed by atoms with E-state index in [2.05, 4.69) is 4.99 Å². The summed E-state index contributed by atoms with van der Waals surface area (Å²) in [7, 11) is 0. The first-order chi connectivity index (χ1) is 6.55. The van der Waals surface area contributed by atoms with Gasteiger partial charge >= 0.3 is 0 Å². The molecule has 0 aromatic heterocycles. The van der Waals surface area contributed by atoms with Crippen molar-refractivity contribution in [1.82, 2.24) is 0 Å². The topological polar surface area (TPSA) is 29.4 Å². The number of rotatable bonds is 3. The Kier molecular flexibility index (Phi) is 3.10. The zero-order chi connectivity index (χ0) is 10.6. The van der Waals surface area contributed by atoms with E-state index in [9.17, 15) is 13.6 Å². The summed E-state index contributed by atoms with van der Waals surface area (Å²) in [6.07, 6.45) is 1.32. The molecule has 0 unspecified atom stereocenters. The first-order valence-electron chi connectivity index (χ1n) is 4.05. The molecule has 0 aliphatic heterocycles. The summed E-state index contributed by atoms with van der Waals surface area (Å²) in [4.78, 5) is 13.1. The van der Waals surface area contributed by atoms with Gasteiger partial charge in [-0.2, -0.15) is 0 Å². The highest BCUT2D eigenvalue weighted by atomic mass is 19.3. The van der Waals surface area contributed by atoms with Gasteiger partial charge in [0, 0.05) is 12.5 Å². The molecule has 0 N–H and O–H groups in total. The normalized spacial score (nSPS) is 10.8. The molecule has 0 amide bonds. The zero-order valence-electron chi connectivity index (χ0n) is 7.63. The Morgan fingerprint density at radius 1 is 1.43 bits per heavy atom. The summed E-state index contributed by atoms with van der Waals surface area (Å²) in [5.41, 5.74) is 0.252. The number of benzene rings is 1. The fourth-order valence-electron chi connectivity index (χ4n) is 1.20.